The maximum Gasteiger partial charge on any atom is 0.246 e. The third-order valence-electron chi connectivity index (χ3n) is 5.13. The van der Waals surface area contributed by atoms with Gasteiger partial charge in [-0.3, -0.25) is 4.79 Å². The maximum atomic E-state index is 12.6. The van der Waals surface area contributed by atoms with Crippen molar-refractivity contribution in [3.63, 3.8) is 0 Å². The van der Waals surface area contributed by atoms with E-state index in [1.807, 2.05) is 35.2 Å². The van der Waals surface area contributed by atoms with Crippen molar-refractivity contribution in [2.75, 3.05) is 38.2 Å². The van der Waals surface area contributed by atoms with Crippen molar-refractivity contribution in [1.29, 1.82) is 0 Å². The van der Waals surface area contributed by atoms with Crippen LogP contribution in [0.5, 0.6) is 5.75 Å². The van der Waals surface area contributed by atoms with Gasteiger partial charge in [-0.25, -0.2) is 9.97 Å². The van der Waals surface area contributed by atoms with Gasteiger partial charge in [0.25, 0.3) is 0 Å². The number of hydrogen-bond acceptors (Lipinski definition) is 6. The molecule has 0 atom stereocenters. The largest absolute Gasteiger partial charge is 0.497 e. The molecule has 1 amide bonds. The second-order valence-corrected chi connectivity index (χ2v) is 8.02. The van der Waals surface area contributed by atoms with Crippen LogP contribution in [0.1, 0.15) is 17.4 Å². The Hall–Kier alpha value is -2.93. The Kier molecular flexibility index (Phi) is 5.76. The van der Waals surface area contributed by atoms with E-state index in [0.717, 1.165) is 46.9 Å². The van der Waals surface area contributed by atoms with Crippen LogP contribution in [0, 0.1) is 0 Å². The summed E-state index contributed by atoms with van der Waals surface area (Å²) in [5.74, 6) is 1.82. The average Bonchev–Trinajstić information content (AvgIpc) is 3.21. The first-order valence-corrected chi connectivity index (χ1v) is 10.6. The van der Waals surface area contributed by atoms with Gasteiger partial charge in [0, 0.05) is 37.1 Å². The van der Waals surface area contributed by atoms with Gasteiger partial charge >= 0.3 is 0 Å². The Balaban J connectivity index is 1.39. The molecular formula is C22H24N4O2S. The maximum absolute atomic E-state index is 12.6. The van der Waals surface area contributed by atoms with E-state index in [1.54, 1.807) is 30.8 Å². The summed E-state index contributed by atoms with van der Waals surface area (Å²) in [7, 11) is 1.64. The van der Waals surface area contributed by atoms with E-state index in [0.29, 0.717) is 13.1 Å². The summed E-state index contributed by atoms with van der Waals surface area (Å²) in [5, 5.41) is 1.12. The van der Waals surface area contributed by atoms with Crippen LogP contribution in [-0.2, 0) is 11.2 Å². The Labute approximate surface area is 174 Å². The lowest BCUT2D eigenvalue weighted by Crippen LogP contribution is -2.48. The predicted octanol–water partition coefficient (Wildman–Crippen LogP) is 3.62. The number of ether oxygens (including phenoxy) is 1. The summed E-state index contributed by atoms with van der Waals surface area (Å²) in [6.45, 7) is 5.06. The van der Waals surface area contributed by atoms with Gasteiger partial charge < -0.3 is 14.5 Å². The van der Waals surface area contributed by atoms with E-state index < -0.39 is 0 Å². The van der Waals surface area contributed by atoms with Gasteiger partial charge in [-0.05, 0) is 36.3 Å². The molecule has 3 heterocycles. The second kappa shape index (κ2) is 8.61. The van der Waals surface area contributed by atoms with Crippen LogP contribution in [0.2, 0.25) is 0 Å². The number of nitrogens with zero attached hydrogens (tertiary/aromatic N) is 4. The molecule has 29 heavy (non-hydrogen) atoms. The number of anilines is 1. The molecule has 0 bridgehead atoms. The normalized spacial score (nSPS) is 14.7. The minimum atomic E-state index is 0.0390. The van der Waals surface area contributed by atoms with Gasteiger partial charge in [-0.1, -0.05) is 19.1 Å². The second-order valence-electron chi connectivity index (χ2n) is 6.90. The fourth-order valence-electron chi connectivity index (χ4n) is 3.45. The zero-order chi connectivity index (χ0) is 20.2. The summed E-state index contributed by atoms with van der Waals surface area (Å²) in [4.78, 5) is 28.0. The zero-order valence-corrected chi connectivity index (χ0v) is 17.5. The molecule has 0 aliphatic carbocycles. The number of benzene rings is 1. The molecule has 0 radical (unpaired) electrons. The molecule has 0 N–H and O–H groups in total. The van der Waals surface area contributed by atoms with Gasteiger partial charge in [-0.15, -0.1) is 11.3 Å². The van der Waals surface area contributed by atoms with Gasteiger partial charge in [0.15, 0.2) is 0 Å². The first kappa shape index (κ1) is 19.4. The molecule has 4 rings (SSSR count). The standard InChI is InChI=1S/C22H24N4O2S/c1-3-18-14-19-21(23-15-24-22(19)29-18)26-12-10-25(11-13-26)20(27)9-6-16-4-7-17(28-2)8-5-16/h4-9,14-15H,3,10-13H2,1-2H3. The molecule has 6 nitrogen and oxygen atoms in total. The summed E-state index contributed by atoms with van der Waals surface area (Å²) in [5.41, 5.74) is 0.977. The molecular weight excluding hydrogens is 384 g/mol. The van der Waals surface area contributed by atoms with E-state index in [1.165, 1.54) is 4.88 Å². The first-order chi connectivity index (χ1) is 14.2. The van der Waals surface area contributed by atoms with Crippen LogP contribution in [0.4, 0.5) is 5.82 Å². The van der Waals surface area contributed by atoms with Crippen molar-refractivity contribution in [1.82, 2.24) is 14.9 Å². The molecule has 1 fully saturated rings. The number of hydrogen-bond donors (Lipinski definition) is 0. The van der Waals surface area contributed by atoms with Gasteiger partial charge in [0.1, 0.15) is 22.7 Å². The fraction of sp³-hybridized carbons (Fsp3) is 0.318. The Bertz CT molecular complexity index is 1020. The number of rotatable bonds is 5. The smallest absolute Gasteiger partial charge is 0.246 e. The fourth-order valence-corrected chi connectivity index (χ4v) is 4.38. The van der Waals surface area contributed by atoms with Gasteiger partial charge in [0.2, 0.25) is 5.91 Å². The Morgan fingerprint density at radius 1 is 1.17 bits per heavy atom. The van der Waals surface area contributed by atoms with Crippen LogP contribution >= 0.6 is 11.3 Å². The molecule has 0 spiro atoms. The number of aromatic nitrogens is 2. The van der Waals surface area contributed by atoms with Crippen LogP contribution < -0.4 is 9.64 Å². The lowest BCUT2D eigenvalue weighted by atomic mass is 10.2. The molecule has 1 aliphatic rings. The summed E-state index contributed by atoms with van der Waals surface area (Å²) in [6.07, 6.45) is 6.14. The average molecular weight is 409 g/mol. The molecule has 0 unspecified atom stereocenters. The lowest BCUT2D eigenvalue weighted by Gasteiger charge is -2.35. The molecule has 1 saturated heterocycles. The van der Waals surface area contributed by atoms with E-state index in [4.69, 9.17) is 4.74 Å². The van der Waals surface area contributed by atoms with Crippen molar-refractivity contribution in [3.05, 3.63) is 53.2 Å². The number of amides is 1. The first-order valence-electron chi connectivity index (χ1n) is 9.77. The highest BCUT2D eigenvalue weighted by molar-refractivity contribution is 7.18. The van der Waals surface area contributed by atoms with Gasteiger partial charge in [0.05, 0.1) is 12.5 Å². The number of piperazine rings is 1. The Morgan fingerprint density at radius 2 is 1.93 bits per heavy atom. The number of fused-ring (bicyclic) bond motifs is 1. The third kappa shape index (κ3) is 4.24. The Morgan fingerprint density at radius 3 is 2.62 bits per heavy atom. The topological polar surface area (TPSA) is 58.6 Å². The molecule has 1 aromatic carbocycles. The van der Waals surface area contributed by atoms with Crippen LogP contribution in [0.25, 0.3) is 16.3 Å². The van der Waals surface area contributed by atoms with Crippen molar-refractivity contribution in [2.45, 2.75) is 13.3 Å². The van der Waals surface area contributed by atoms with Crippen LogP contribution in [0.15, 0.2) is 42.7 Å². The number of thiophene rings is 1. The van der Waals surface area contributed by atoms with Crippen LogP contribution in [0.3, 0.4) is 0 Å². The lowest BCUT2D eigenvalue weighted by molar-refractivity contribution is -0.126. The molecule has 2 aromatic heterocycles. The van der Waals surface area contributed by atoms with E-state index in [-0.39, 0.29) is 5.91 Å². The third-order valence-corrected chi connectivity index (χ3v) is 6.32. The van der Waals surface area contributed by atoms with Gasteiger partial charge in [-0.2, -0.15) is 0 Å². The minimum absolute atomic E-state index is 0.0390. The van der Waals surface area contributed by atoms with Crippen molar-refractivity contribution < 1.29 is 9.53 Å². The predicted molar refractivity (Wildman–Crippen MR) is 118 cm³/mol. The summed E-state index contributed by atoms with van der Waals surface area (Å²) < 4.78 is 5.16. The van der Waals surface area contributed by atoms with Crippen molar-refractivity contribution in [3.8, 4) is 5.75 Å². The molecule has 7 heteroatoms. The highest BCUT2D eigenvalue weighted by Gasteiger charge is 2.22. The van der Waals surface area contributed by atoms with E-state index in [9.17, 15) is 4.79 Å². The highest BCUT2D eigenvalue weighted by Crippen LogP contribution is 2.31. The zero-order valence-electron chi connectivity index (χ0n) is 16.7. The number of carbonyl (C=O) groups is 1. The molecule has 3 aromatic rings. The van der Waals surface area contributed by atoms with E-state index >= 15 is 0 Å². The number of carbonyl (C=O) groups excluding carboxylic acids is 1. The van der Waals surface area contributed by atoms with Crippen molar-refractivity contribution in [2.24, 2.45) is 0 Å². The van der Waals surface area contributed by atoms with Crippen LogP contribution in [-0.4, -0.2) is 54.1 Å². The monoisotopic (exact) mass is 408 g/mol. The molecule has 150 valence electrons. The number of aryl methyl sites for hydroxylation is 1. The SMILES string of the molecule is CCc1cc2c(N3CCN(C(=O)C=Cc4ccc(OC)cc4)CC3)ncnc2s1. The number of methoxy groups -OCH3 is 1. The molecule has 0 saturated carbocycles. The molecule has 1 aliphatic heterocycles. The summed E-state index contributed by atoms with van der Waals surface area (Å²) in [6, 6.07) is 9.85. The quantitative estimate of drug-likeness (QED) is 0.604. The highest BCUT2D eigenvalue weighted by atomic mass is 32.1. The summed E-state index contributed by atoms with van der Waals surface area (Å²) >= 11 is 1.73. The van der Waals surface area contributed by atoms with E-state index in [2.05, 4.69) is 27.9 Å². The van der Waals surface area contributed by atoms with Crippen molar-refractivity contribution >= 4 is 39.4 Å². The minimum Gasteiger partial charge on any atom is -0.497 e.